The largest absolute Gasteiger partial charge is 0.494 e. The van der Waals surface area contributed by atoms with Gasteiger partial charge < -0.3 is 15.4 Å². The number of hydrogen-bond donors (Lipinski definition) is 2. The topological polar surface area (TPSA) is 50.4 Å². The predicted octanol–water partition coefficient (Wildman–Crippen LogP) is 3.41. The number of carbonyl (C=O) groups is 1. The number of nitrogens with one attached hydrogen (secondary N) is 2. The second-order valence-corrected chi connectivity index (χ2v) is 4.52. The van der Waals surface area contributed by atoms with Gasteiger partial charge in [-0.3, -0.25) is 4.79 Å². The Morgan fingerprint density at radius 3 is 2.27 bits per heavy atom. The lowest BCUT2D eigenvalue weighted by Crippen LogP contribution is -2.21. The minimum atomic E-state index is -0.741. The Labute approximate surface area is 127 Å². The van der Waals surface area contributed by atoms with Crippen molar-refractivity contribution in [2.45, 2.75) is 6.92 Å². The molecule has 0 aliphatic rings. The Kier molecular flexibility index (Phi) is 5.30. The van der Waals surface area contributed by atoms with Gasteiger partial charge in [-0.2, -0.15) is 0 Å². The van der Waals surface area contributed by atoms with Crippen LogP contribution in [0.4, 0.5) is 20.2 Å². The molecular weight excluding hydrogens is 290 g/mol. The predicted molar refractivity (Wildman–Crippen MR) is 81.1 cm³/mol. The highest BCUT2D eigenvalue weighted by molar-refractivity contribution is 5.93. The molecule has 2 N–H and O–H groups in total. The zero-order valence-corrected chi connectivity index (χ0v) is 12.0. The van der Waals surface area contributed by atoms with Gasteiger partial charge in [-0.15, -0.1) is 0 Å². The maximum Gasteiger partial charge on any atom is 0.243 e. The third kappa shape index (κ3) is 4.73. The first-order valence-electron chi connectivity index (χ1n) is 6.79. The molecule has 116 valence electrons. The van der Waals surface area contributed by atoms with Crippen LogP contribution in [0.25, 0.3) is 0 Å². The molecule has 0 radical (unpaired) electrons. The number of carbonyl (C=O) groups excluding carboxylic acids is 1. The average molecular weight is 306 g/mol. The minimum Gasteiger partial charge on any atom is -0.494 e. The number of benzene rings is 2. The average Bonchev–Trinajstić information content (AvgIpc) is 2.46. The molecule has 0 fully saturated rings. The second kappa shape index (κ2) is 7.40. The van der Waals surface area contributed by atoms with Crippen LogP contribution in [-0.2, 0) is 4.79 Å². The Balaban J connectivity index is 1.87. The van der Waals surface area contributed by atoms with E-state index in [1.54, 1.807) is 24.3 Å². The molecule has 0 spiro atoms. The highest BCUT2D eigenvalue weighted by Crippen LogP contribution is 2.16. The summed E-state index contributed by atoms with van der Waals surface area (Å²) in [5, 5.41) is 5.33. The summed E-state index contributed by atoms with van der Waals surface area (Å²) in [4.78, 5) is 11.7. The van der Waals surface area contributed by atoms with Crippen molar-refractivity contribution in [1.29, 1.82) is 0 Å². The van der Waals surface area contributed by atoms with E-state index < -0.39 is 17.5 Å². The Morgan fingerprint density at radius 2 is 1.68 bits per heavy atom. The first kappa shape index (κ1) is 15.8. The molecule has 2 aromatic carbocycles. The summed E-state index contributed by atoms with van der Waals surface area (Å²) in [7, 11) is 0. The quantitative estimate of drug-likeness (QED) is 0.860. The van der Waals surface area contributed by atoms with Crippen molar-refractivity contribution < 1.29 is 18.3 Å². The molecule has 4 nitrogen and oxygen atoms in total. The van der Waals surface area contributed by atoms with E-state index >= 15 is 0 Å². The van der Waals surface area contributed by atoms with Gasteiger partial charge in [0.15, 0.2) is 0 Å². The van der Waals surface area contributed by atoms with E-state index in [4.69, 9.17) is 4.74 Å². The van der Waals surface area contributed by atoms with Crippen LogP contribution in [0.2, 0.25) is 0 Å². The van der Waals surface area contributed by atoms with Crippen LogP contribution >= 0.6 is 0 Å². The smallest absolute Gasteiger partial charge is 0.243 e. The number of amides is 1. The van der Waals surface area contributed by atoms with Gasteiger partial charge in [0.25, 0.3) is 0 Å². The minimum absolute atomic E-state index is 0.0217. The molecule has 0 saturated carbocycles. The third-order valence-corrected chi connectivity index (χ3v) is 2.76. The lowest BCUT2D eigenvalue weighted by Gasteiger charge is -2.09. The van der Waals surface area contributed by atoms with Gasteiger partial charge in [0.2, 0.25) is 5.91 Å². The molecule has 22 heavy (non-hydrogen) atoms. The van der Waals surface area contributed by atoms with E-state index in [1.807, 2.05) is 6.92 Å². The van der Waals surface area contributed by atoms with E-state index in [2.05, 4.69) is 10.6 Å². The van der Waals surface area contributed by atoms with Crippen LogP contribution < -0.4 is 15.4 Å². The lowest BCUT2D eigenvalue weighted by atomic mass is 10.3. The molecular formula is C16H16F2N2O2. The Bertz CT molecular complexity index is 625. The maximum atomic E-state index is 13.0. The zero-order chi connectivity index (χ0) is 15.9. The normalized spacial score (nSPS) is 10.1. The fourth-order valence-electron chi connectivity index (χ4n) is 1.85. The molecule has 0 heterocycles. The van der Waals surface area contributed by atoms with Gasteiger partial charge >= 0.3 is 0 Å². The zero-order valence-electron chi connectivity index (χ0n) is 12.0. The van der Waals surface area contributed by atoms with Crippen molar-refractivity contribution >= 4 is 17.3 Å². The van der Waals surface area contributed by atoms with E-state index in [0.29, 0.717) is 6.61 Å². The molecule has 0 atom stereocenters. The number of halogens is 2. The molecule has 6 heteroatoms. The summed E-state index contributed by atoms with van der Waals surface area (Å²) < 4.78 is 31.3. The monoisotopic (exact) mass is 306 g/mol. The molecule has 0 aliphatic heterocycles. The third-order valence-electron chi connectivity index (χ3n) is 2.76. The molecule has 1 amide bonds. The highest BCUT2D eigenvalue weighted by Gasteiger charge is 2.05. The van der Waals surface area contributed by atoms with Crippen molar-refractivity contribution in [3.05, 3.63) is 54.1 Å². The van der Waals surface area contributed by atoms with Crippen LogP contribution in [0.1, 0.15) is 6.92 Å². The van der Waals surface area contributed by atoms with Crippen molar-refractivity contribution in [1.82, 2.24) is 0 Å². The summed E-state index contributed by atoms with van der Waals surface area (Å²) in [5.41, 5.74) is 0.819. The SMILES string of the molecule is CCOc1ccc(NCC(=O)Nc2cc(F)cc(F)c2)cc1. The summed E-state index contributed by atoms with van der Waals surface area (Å²) in [6.45, 7) is 2.46. The van der Waals surface area contributed by atoms with E-state index in [9.17, 15) is 13.6 Å². The van der Waals surface area contributed by atoms with Crippen molar-refractivity contribution in [2.24, 2.45) is 0 Å². The first-order valence-corrected chi connectivity index (χ1v) is 6.79. The van der Waals surface area contributed by atoms with Gasteiger partial charge in [0, 0.05) is 17.4 Å². The van der Waals surface area contributed by atoms with Crippen LogP contribution in [0, 0.1) is 11.6 Å². The second-order valence-electron chi connectivity index (χ2n) is 4.52. The standard InChI is InChI=1S/C16H16F2N2O2/c1-2-22-15-5-3-13(4-6-15)19-10-16(21)20-14-8-11(17)7-12(18)9-14/h3-9,19H,2,10H2,1H3,(H,20,21). The number of ether oxygens (including phenoxy) is 1. The molecule has 0 aromatic heterocycles. The van der Waals surface area contributed by atoms with Gasteiger partial charge in [0.05, 0.1) is 13.2 Å². The van der Waals surface area contributed by atoms with Crippen LogP contribution in [0.15, 0.2) is 42.5 Å². The van der Waals surface area contributed by atoms with Crippen LogP contribution in [-0.4, -0.2) is 19.1 Å². The molecule has 0 aliphatic carbocycles. The fourth-order valence-corrected chi connectivity index (χ4v) is 1.85. The summed E-state index contributed by atoms with van der Waals surface area (Å²) in [6, 6.07) is 9.97. The van der Waals surface area contributed by atoms with Gasteiger partial charge in [-0.25, -0.2) is 8.78 Å². The van der Waals surface area contributed by atoms with Crippen LogP contribution in [0.3, 0.4) is 0 Å². The maximum absolute atomic E-state index is 13.0. The number of hydrogen-bond acceptors (Lipinski definition) is 3. The first-order chi connectivity index (χ1) is 10.6. The molecule has 0 unspecified atom stereocenters. The molecule has 2 rings (SSSR count). The Morgan fingerprint density at radius 1 is 1.05 bits per heavy atom. The van der Waals surface area contributed by atoms with Crippen molar-refractivity contribution in [2.75, 3.05) is 23.8 Å². The van der Waals surface area contributed by atoms with Crippen molar-refractivity contribution in [3.8, 4) is 5.75 Å². The number of rotatable bonds is 6. The Hall–Kier alpha value is -2.63. The van der Waals surface area contributed by atoms with E-state index in [1.165, 1.54) is 0 Å². The van der Waals surface area contributed by atoms with Crippen molar-refractivity contribution in [3.63, 3.8) is 0 Å². The summed E-state index contributed by atoms with van der Waals surface area (Å²) in [5.74, 6) is -1.14. The van der Waals surface area contributed by atoms with Gasteiger partial charge in [-0.05, 0) is 43.3 Å². The van der Waals surface area contributed by atoms with Crippen LogP contribution in [0.5, 0.6) is 5.75 Å². The van der Waals surface area contributed by atoms with Gasteiger partial charge in [0.1, 0.15) is 17.4 Å². The van der Waals surface area contributed by atoms with E-state index in [-0.39, 0.29) is 12.2 Å². The molecule has 0 saturated heterocycles. The molecule has 0 bridgehead atoms. The van der Waals surface area contributed by atoms with Gasteiger partial charge in [-0.1, -0.05) is 0 Å². The number of anilines is 2. The lowest BCUT2D eigenvalue weighted by molar-refractivity contribution is -0.114. The highest BCUT2D eigenvalue weighted by atomic mass is 19.1. The molecule has 2 aromatic rings. The summed E-state index contributed by atoms with van der Waals surface area (Å²) in [6.07, 6.45) is 0. The fraction of sp³-hybridized carbons (Fsp3) is 0.188. The van der Waals surface area contributed by atoms with E-state index in [0.717, 1.165) is 29.6 Å². The summed E-state index contributed by atoms with van der Waals surface area (Å²) >= 11 is 0.